The van der Waals surface area contributed by atoms with Crippen LogP contribution in [-0.2, 0) is 12.1 Å². The van der Waals surface area contributed by atoms with Gasteiger partial charge < -0.3 is 15.0 Å². The summed E-state index contributed by atoms with van der Waals surface area (Å²) >= 11 is 0. The zero-order chi connectivity index (χ0) is 20.2. The third-order valence-electron chi connectivity index (χ3n) is 5.11. The van der Waals surface area contributed by atoms with Crippen molar-refractivity contribution in [1.29, 1.82) is 0 Å². The molecule has 2 unspecified atom stereocenters. The van der Waals surface area contributed by atoms with Crippen LogP contribution in [0.15, 0.2) is 30.3 Å². The summed E-state index contributed by atoms with van der Waals surface area (Å²) in [6.07, 6.45) is 0. The van der Waals surface area contributed by atoms with Gasteiger partial charge in [0.2, 0.25) is 0 Å². The number of rotatable bonds is 4. The van der Waals surface area contributed by atoms with Crippen LogP contribution >= 0.6 is 0 Å². The molecule has 2 aromatic carbocycles. The maximum atomic E-state index is 14.4. The highest BCUT2D eigenvalue weighted by Gasteiger charge is 2.53. The predicted molar refractivity (Wildman–Crippen MR) is 92.3 cm³/mol. The smallest absolute Gasteiger partial charge is 0.192 e. The number of hydrogen-bond donors (Lipinski definition) is 1. The third kappa shape index (κ3) is 2.57. The summed E-state index contributed by atoms with van der Waals surface area (Å²) < 4.78 is 62.7. The van der Waals surface area contributed by atoms with Crippen LogP contribution in [-0.4, -0.2) is 14.8 Å². The number of nitrogens with two attached hydrogens (primary N) is 1. The zero-order valence-corrected chi connectivity index (χ0v) is 15.0. The molecule has 2 heterocycles. The Hall–Kier alpha value is -2.94. The molecule has 1 aliphatic heterocycles. The maximum absolute atomic E-state index is 14.4. The van der Waals surface area contributed by atoms with Crippen molar-refractivity contribution in [3.63, 3.8) is 0 Å². The first-order valence-corrected chi connectivity index (χ1v) is 8.54. The monoisotopic (exact) mass is 392 g/mol. The lowest BCUT2D eigenvalue weighted by atomic mass is 9.87. The number of aromatic nitrogens is 3. The average molecular weight is 392 g/mol. The topological polar surface area (TPSA) is 66.0 Å². The Labute approximate surface area is 157 Å². The first kappa shape index (κ1) is 18.4. The van der Waals surface area contributed by atoms with Crippen molar-refractivity contribution in [2.24, 2.45) is 5.73 Å². The lowest BCUT2D eigenvalue weighted by Crippen LogP contribution is -2.50. The SMILES string of the molecule is CC1n2c(-c3ccc(CN)cc3F)nnc2C1(C)Oc1c(F)cc(F)cc1F. The van der Waals surface area contributed by atoms with Crippen molar-refractivity contribution in [2.45, 2.75) is 32.0 Å². The van der Waals surface area contributed by atoms with Gasteiger partial charge in [0.05, 0.1) is 11.6 Å². The van der Waals surface area contributed by atoms with E-state index in [1.165, 1.54) is 6.07 Å². The van der Waals surface area contributed by atoms with E-state index in [0.29, 0.717) is 17.7 Å². The highest BCUT2D eigenvalue weighted by molar-refractivity contribution is 5.58. The Morgan fingerprint density at radius 1 is 1.07 bits per heavy atom. The summed E-state index contributed by atoms with van der Waals surface area (Å²) in [6.45, 7) is 3.51. The van der Waals surface area contributed by atoms with Crippen molar-refractivity contribution in [3.05, 3.63) is 65.0 Å². The van der Waals surface area contributed by atoms with E-state index in [4.69, 9.17) is 10.5 Å². The van der Waals surface area contributed by atoms with Crippen LogP contribution in [0.4, 0.5) is 17.6 Å². The molecule has 4 rings (SSSR count). The van der Waals surface area contributed by atoms with Gasteiger partial charge in [-0.1, -0.05) is 6.07 Å². The number of fused-ring (bicyclic) bond motifs is 1. The molecule has 146 valence electrons. The number of halogens is 4. The number of benzene rings is 2. The van der Waals surface area contributed by atoms with E-state index in [1.54, 1.807) is 30.5 Å². The minimum atomic E-state index is -1.22. The van der Waals surface area contributed by atoms with Crippen molar-refractivity contribution in [3.8, 4) is 17.1 Å². The molecule has 2 atom stereocenters. The van der Waals surface area contributed by atoms with E-state index in [2.05, 4.69) is 10.2 Å². The molecule has 0 aliphatic carbocycles. The van der Waals surface area contributed by atoms with Gasteiger partial charge in [-0.05, 0) is 31.5 Å². The molecule has 9 heteroatoms. The fourth-order valence-corrected chi connectivity index (χ4v) is 3.38. The third-order valence-corrected chi connectivity index (χ3v) is 5.11. The molecule has 0 saturated heterocycles. The van der Waals surface area contributed by atoms with E-state index in [-0.39, 0.29) is 23.8 Å². The molecule has 1 aromatic heterocycles. The minimum Gasteiger partial charge on any atom is -0.471 e. The Kier molecular flexibility index (Phi) is 4.15. The second-order valence-electron chi connectivity index (χ2n) is 6.82. The molecule has 0 radical (unpaired) electrons. The molecular weight excluding hydrogens is 376 g/mol. The first-order valence-electron chi connectivity index (χ1n) is 8.54. The summed E-state index contributed by atoms with van der Waals surface area (Å²) in [6, 6.07) is 5.16. The highest BCUT2D eigenvalue weighted by atomic mass is 19.1. The van der Waals surface area contributed by atoms with Gasteiger partial charge in [0, 0.05) is 18.7 Å². The van der Waals surface area contributed by atoms with Crippen molar-refractivity contribution < 1.29 is 22.3 Å². The molecule has 0 bridgehead atoms. The Morgan fingerprint density at radius 2 is 1.75 bits per heavy atom. The number of hydrogen-bond acceptors (Lipinski definition) is 4. The highest BCUT2D eigenvalue weighted by Crippen LogP contribution is 2.49. The lowest BCUT2D eigenvalue weighted by Gasteiger charge is -2.45. The Bertz CT molecular complexity index is 1060. The van der Waals surface area contributed by atoms with Crippen LogP contribution in [0.25, 0.3) is 11.4 Å². The van der Waals surface area contributed by atoms with E-state index in [1.807, 2.05) is 0 Å². The summed E-state index contributed by atoms with van der Waals surface area (Å²) in [5.74, 6) is -4.03. The maximum Gasteiger partial charge on any atom is 0.192 e. The fourth-order valence-electron chi connectivity index (χ4n) is 3.38. The van der Waals surface area contributed by atoms with Crippen molar-refractivity contribution >= 4 is 0 Å². The summed E-state index contributed by atoms with van der Waals surface area (Å²) in [5.41, 5.74) is 5.15. The molecule has 28 heavy (non-hydrogen) atoms. The first-order chi connectivity index (χ1) is 13.3. The van der Waals surface area contributed by atoms with E-state index >= 15 is 0 Å². The normalized spacial score (nSPS) is 20.6. The van der Waals surface area contributed by atoms with Gasteiger partial charge in [0.25, 0.3) is 0 Å². The van der Waals surface area contributed by atoms with E-state index in [0.717, 1.165) is 0 Å². The van der Waals surface area contributed by atoms with Crippen molar-refractivity contribution in [1.82, 2.24) is 14.8 Å². The van der Waals surface area contributed by atoms with Crippen LogP contribution in [0.5, 0.6) is 5.75 Å². The fraction of sp³-hybridized carbons (Fsp3) is 0.263. The minimum absolute atomic E-state index is 0.201. The quantitative estimate of drug-likeness (QED) is 0.686. The van der Waals surface area contributed by atoms with Gasteiger partial charge in [-0.15, -0.1) is 10.2 Å². The summed E-state index contributed by atoms with van der Waals surface area (Å²) in [7, 11) is 0. The molecule has 3 aromatic rings. The standard InChI is InChI=1S/C19H16F4N4O/c1-9-19(2,28-16-14(22)6-11(20)7-15(16)23)18-26-25-17(27(9)18)12-4-3-10(8-24)5-13(12)21/h3-7,9H,8,24H2,1-2H3. The van der Waals surface area contributed by atoms with Crippen LogP contribution in [0.3, 0.4) is 0 Å². The largest absolute Gasteiger partial charge is 0.471 e. The summed E-state index contributed by atoms with van der Waals surface area (Å²) in [4.78, 5) is 0. The van der Waals surface area contributed by atoms with Gasteiger partial charge in [0.15, 0.2) is 34.6 Å². The molecule has 0 amide bonds. The van der Waals surface area contributed by atoms with Crippen LogP contribution < -0.4 is 10.5 Å². The Morgan fingerprint density at radius 3 is 2.36 bits per heavy atom. The molecule has 0 fully saturated rings. The number of ether oxygens (including phenoxy) is 1. The molecular formula is C19H16F4N4O. The molecule has 0 spiro atoms. The van der Waals surface area contributed by atoms with Gasteiger partial charge >= 0.3 is 0 Å². The van der Waals surface area contributed by atoms with E-state index in [9.17, 15) is 17.6 Å². The average Bonchev–Trinajstić information content (AvgIpc) is 3.06. The molecule has 1 aliphatic rings. The zero-order valence-electron chi connectivity index (χ0n) is 15.0. The molecule has 5 nitrogen and oxygen atoms in total. The molecule has 2 N–H and O–H groups in total. The number of nitrogens with zero attached hydrogens (tertiary/aromatic N) is 3. The van der Waals surface area contributed by atoms with E-state index < -0.39 is 40.7 Å². The van der Waals surface area contributed by atoms with Crippen LogP contribution in [0.2, 0.25) is 0 Å². The van der Waals surface area contributed by atoms with Gasteiger partial charge in [-0.3, -0.25) is 0 Å². The van der Waals surface area contributed by atoms with Crippen LogP contribution in [0.1, 0.15) is 31.3 Å². The van der Waals surface area contributed by atoms with Gasteiger partial charge in [-0.25, -0.2) is 17.6 Å². The van der Waals surface area contributed by atoms with Crippen molar-refractivity contribution in [2.75, 3.05) is 0 Å². The second kappa shape index (κ2) is 6.30. The van der Waals surface area contributed by atoms with Gasteiger partial charge in [-0.2, -0.15) is 0 Å². The van der Waals surface area contributed by atoms with Gasteiger partial charge in [0.1, 0.15) is 11.6 Å². The predicted octanol–water partition coefficient (Wildman–Crippen LogP) is 3.83. The Balaban J connectivity index is 1.72. The summed E-state index contributed by atoms with van der Waals surface area (Å²) in [5, 5.41) is 8.04. The second-order valence-corrected chi connectivity index (χ2v) is 6.82. The lowest BCUT2D eigenvalue weighted by molar-refractivity contribution is -0.0309. The molecule has 0 saturated carbocycles. The van der Waals surface area contributed by atoms with Crippen LogP contribution in [0, 0.1) is 23.3 Å².